The molecule has 0 spiro atoms. The van der Waals surface area contributed by atoms with Crippen LogP contribution < -0.4 is 4.74 Å². The summed E-state index contributed by atoms with van der Waals surface area (Å²) < 4.78 is 9.85. The Hall–Kier alpha value is -2.24. The van der Waals surface area contributed by atoms with Crippen molar-refractivity contribution >= 4 is 29.0 Å². The van der Waals surface area contributed by atoms with Crippen LogP contribution in [-0.4, -0.2) is 26.7 Å². The van der Waals surface area contributed by atoms with E-state index < -0.39 is 0 Å². The van der Waals surface area contributed by atoms with Crippen LogP contribution in [0, 0.1) is 6.92 Å². The molecule has 5 nitrogen and oxygen atoms in total. The fourth-order valence-corrected chi connectivity index (χ4v) is 4.05. The second-order valence-electron chi connectivity index (χ2n) is 7.34. The topological polar surface area (TPSA) is 49.1 Å². The lowest BCUT2D eigenvalue weighted by atomic mass is 9.97. The van der Waals surface area contributed by atoms with Crippen LogP contribution in [0.25, 0.3) is 5.69 Å². The first-order valence-corrected chi connectivity index (χ1v) is 10.6. The van der Waals surface area contributed by atoms with E-state index in [4.69, 9.17) is 27.9 Å². The largest absolute Gasteiger partial charge is 0.477 e. The highest BCUT2D eigenvalue weighted by molar-refractivity contribution is 6.42. The van der Waals surface area contributed by atoms with Gasteiger partial charge in [0.05, 0.1) is 22.3 Å². The summed E-state index contributed by atoms with van der Waals surface area (Å²) in [5.74, 6) is 0.874. The zero-order valence-electron chi connectivity index (χ0n) is 16.3. The molecule has 0 saturated carbocycles. The van der Waals surface area contributed by atoms with Crippen molar-refractivity contribution in [3.8, 4) is 11.6 Å². The molecule has 0 radical (unpaired) electrons. The summed E-state index contributed by atoms with van der Waals surface area (Å²) in [6.45, 7) is 3.47. The SMILES string of the molecule is Cc1cc(OCCCCn2ccc3c2CCCC3=O)nn1-c1ccc(Cl)c(Cl)c1. The Kier molecular flexibility index (Phi) is 5.97. The molecular weight excluding hydrogens is 409 g/mol. The first-order valence-electron chi connectivity index (χ1n) is 9.89. The molecule has 0 saturated heterocycles. The summed E-state index contributed by atoms with van der Waals surface area (Å²) in [6.07, 6.45) is 6.58. The van der Waals surface area contributed by atoms with Gasteiger partial charge >= 0.3 is 0 Å². The van der Waals surface area contributed by atoms with Gasteiger partial charge in [-0.15, -0.1) is 5.10 Å². The number of halogens is 2. The first-order chi connectivity index (χ1) is 14.0. The Labute approximate surface area is 180 Å². The van der Waals surface area contributed by atoms with Gasteiger partial charge < -0.3 is 9.30 Å². The molecule has 1 aliphatic carbocycles. The molecule has 0 amide bonds. The molecule has 4 rings (SSSR count). The maximum atomic E-state index is 11.9. The van der Waals surface area contributed by atoms with E-state index >= 15 is 0 Å². The minimum absolute atomic E-state index is 0.279. The molecule has 7 heteroatoms. The lowest BCUT2D eigenvalue weighted by molar-refractivity contribution is 0.0971. The van der Waals surface area contributed by atoms with Crippen LogP contribution in [0.2, 0.25) is 10.0 Å². The average Bonchev–Trinajstić information content (AvgIpc) is 3.28. The number of hydrogen-bond acceptors (Lipinski definition) is 3. The van der Waals surface area contributed by atoms with Crippen LogP contribution in [0.4, 0.5) is 0 Å². The summed E-state index contributed by atoms with van der Waals surface area (Å²) in [7, 11) is 0. The standard InChI is InChI=1S/C22H23Cl2N3O2/c1-15-13-22(25-27(15)16-7-8-18(23)19(24)14-16)29-12-3-2-10-26-11-9-17-20(26)5-4-6-21(17)28/h7-9,11,13-14H,2-6,10,12H2,1H3. The fourth-order valence-electron chi connectivity index (χ4n) is 3.75. The van der Waals surface area contributed by atoms with E-state index in [1.165, 1.54) is 5.69 Å². The zero-order chi connectivity index (χ0) is 20.4. The van der Waals surface area contributed by atoms with E-state index in [9.17, 15) is 4.79 Å². The highest BCUT2D eigenvalue weighted by Crippen LogP contribution is 2.26. The third-order valence-corrected chi connectivity index (χ3v) is 5.99. The van der Waals surface area contributed by atoms with Gasteiger partial charge in [0, 0.05) is 42.2 Å². The molecule has 0 aliphatic heterocycles. The van der Waals surface area contributed by atoms with Gasteiger partial charge in [0.15, 0.2) is 5.78 Å². The minimum Gasteiger partial charge on any atom is -0.477 e. The van der Waals surface area contributed by atoms with Crippen LogP contribution in [0.5, 0.6) is 5.88 Å². The number of rotatable bonds is 7. The maximum Gasteiger partial charge on any atom is 0.233 e. The van der Waals surface area contributed by atoms with Crippen LogP contribution >= 0.6 is 23.2 Å². The van der Waals surface area contributed by atoms with Gasteiger partial charge in [0.1, 0.15) is 0 Å². The van der Waals surface area contributed by atoms with Gasteiger partial charge in [-0.2, -0.15) is 0 Å². The molecule has 0 atom stereocenters. The van der Waals surface area contributed by atoms with Gasteiger partial charge in [-0.25, -0.2) is 4.68 Å². The molecule has 1 aromatic carbocycles. The number of carbonyl (C=O) groups is 1. The third kappa shape index (κ3) is 4.36. The lowest BCUT2D eigenvalue weighted by Gasteiger charge is -2.14. The van der Waals surface area contributed by atoms with Crippen LogP contribution in [-0.2, 0) is 13.0 Å². The van der Waals surface area contributed by atoms with E-state index in [0.29, 0.717) is 29.0 Å². The molecule has 152 valence electrons. The van der Waals surface area contributed by atoms with E-state index in [0.717, 1.165) is 49.2 Å². The van der Waals surface area contributed by atoms with Gasteiger partial charge in [-0.3, -0.25) is 4.79 Å². The van der Waals surface area contributed by atoms with Crippen molar-refractivity contribution in [2.45, 2.75) is 45.6 Å². The molecule has 2 aromatic heterocycles. The molecule has 1 aliphatic rings. The summed E-state index contributed by atoms with van der Waals surface area (Å²) in [6, 6.07) is 9.30. The number of hydrogen-bond donors (Lipinski definition) is 0. The maximum absolute atomic E-state index is 11.9. The van der Waals surface area contributed by atoms with Crippen molar-refractivity contribution in [3.63, 3.8) is 0 Å². The van der Waals surface area contributed by atoms with Crippen molar-refractivity contribution in [2.75, 3.05) is 6.61 Å². The number of unbranched alkanes of at least 4 members (excludes halogenated alkanes) is 1. The number of aromatic nitrogens is 3. The molecule has 0 bridgehead atoms. The van der Waals surface area contributed by atoms with Gasteiger partial charge in [0.25, 0.3) is 0 Å². The van der Waals surface area contributed by atoms with Crippen molar-refractivity contribution in [2.24, 2.45) is 0 Å². The number of ether oxygens (including phenoxy) is 1. The monoisotopic (exact) mass is 431 g/mol. The normalized spacial score (nSPS) is 13.6. The predicted molar refractivity (Wildman–Crippen MR) is 115 cm³/mol. The summed E-state index contributed by atoms with van der Waals surface area (Å²) >= 11 is 12.1. The molecule has 29 heavy (non-hydrogen) atoms. The number of Topliss-reactive ketones (excluding diaryl/α,β-unsaturated/α-hetero) is 1. The number of carbonyl (C=O) groups excluding carboxylic acids is 1. The highest BCUT2D eigenvalue weighted by atomic mass is 35.5. The molecule has 3 aromatic rings. The van der Waals surface area contributed by atoms with Gasteiger partial charge in [-0.05, 0) is 56.9 Å². The number of aryl methyl sites for hydroxylation is 2. The quantitative estimate of drug-likeness (QED) is 0.452. The predicted octanol–water partition coefficient (Wildman–Crippen LogP) is 5.67. The molecule has 2 heterocycles. The first kappa shape index (κ1) is 20.0. The summed E-state index contributed by atoms with van der Waals surface area (Å²) in [5, 5.41) is 5.53. The Balaban J connectivity index is 1.29. The number of nitrogens with zero attached hydrogens (tertiary/aromatic N) is 3. The fraction of sp³-hybridized carbons (Fsp3) is 0.364. The zero-order valence-corrected chi connectivity index (χ0v) is 17.8. The molecule has 0 unspecified atom stereocenters. The Morgan fingerprint density at radius 1 is 1.10 bits per heavy atom. The van der Waals surface area contributed by atoms with Gasteiger partial charge in [0.2, 0.25) is 5.88 Å². The smallest absolute Gasteiger partial charge is 0.233 e. The average molecular weight is 432 g/mol. The minimum atomic E-state index is 0.279. The Morgan fingerprint density at radius 2 is 1.97 bits per heavy atom. The Bertz CT molecular complexity index is 1040. The van der Waals surface area contributed by atoms with Crippen molar-refractivity contribution < 1.29 is 9.53 Å². The molecule has 0 N–H and O–H groups in total. The van der Waals surface area contributed by atoms with E-state index in [1.54, 1.807) is 16.8 Å². The number of ketones is 1. The van der Waals surface area contributed by atoms with E-state index in [2.05, 4.69) is 9.67 Å². The van der Waals surface area contributed by atoms with Crippen molar-refractivity contribution in [3.05, 3.63) is 63.5 Å². The van der Waals surface area contributed by atoms with Gasteiger partial charge in [-0.1, -0.05) is 23.2 Å². The highest BCUT2D eigenvalue weighted by Gasteiger charge is 2.20. The third-order valence-electron chi connectivity index (χ3n) is 5.25. The van der Waals surface area contributed by atoms with Crippen LogP contribution in [0.3, 0.4) is 0 Å². The van der Waals surface area contributed by atoms with Crippen molar-refractivity contribution in [1.82, 2.24) is 14.3 Å². The Morgan fingerprint density at radius 3 is 2.79 bits per heavy atom. The number of fused-ring (bicyclic) bond motifs is 1. The van der Waals surface area contributed by atoms with E-state index in [1.807, 2.05) is 31.3 Å². The number of benzene rings is 1. The second kappa shape index (κ2) is 8.64. The van der Waals surface area contributed by atoms with Crippen molar-refractivity contribution in [1.29, 1.82) is 0 Å². The summed E-state index contributed by atoms with van der Waals surface area (Å²) in [4.78, 5) is 11.9. The van der Waals surface area contributed by atoms with E-state index in [-0.39, 0.29) is 5.78 Å². The molecule has 0 fully saturated rings. The summed E-state index contributed by atoms with van der Waals surface area (Å²) in [5.41, 5.74) is 3.91. The van der Waals surface area contributed by atoms with Crippen LogP contribution in [0.1, 0.15) is 47.4 Å². The van der Waals surface area contributed by atoms with Crippen LogP contribution in [0.15, 0.2) is 36.5 Å². The lowest BCUT2D eigenvalue weighted by Crippen LogP contribution is -2.13. The molecular formula is C22H23Cl2N3O2. The second-order valence-corrected chi connectivity index (χ2v) is 8.15.